The maximum Gasteiger partial charge on any atom is 0.534 e. The molecule has 5 aliphatic carbocycles. The Bertz CT molecular complexity index is 3960. The number of piperidine rings is 5. The van der Waals surface area contributed by atoms with Crippen molar-refractivity contribution in [1.29, 1.82) is 0 Å². The van der Waals surface area contributed by atoms with Crippen LogP contribution in [-0.4, -0.2) is 174 Å². The zero-order valence-corrected chi connectivity index (χ0v) is 70.3. The van der Waals surface area contributed by atoms with Gasteiger partial charge in [-0.1, -0.05) is 238 Å². The fourth-order valence-electron chi connectivity index (χ4n) is 17.4. The van der Waals surface area contributed by atoms with E-state index >= 15 is 0 Å². The van der Waals surface area contributed by atoms with E-state index in [2.05, 4.69) is 124 Å². The van der Waals surface area contributed by atoms with Gasteiger partial charge in [0.25, 0.3) is 0 Å². The molecule has 636 valence electrons. The predicted octanol–water partition coefficient (Wildman–Crippen LogP) is 22.1. The first-order valence-corrected chi connectivity index (χ1v) is 42.4. The van der Waals surface area contributed by atoms with Gasteiger partial charge in [0.05, 0.1) is 17.8 Å². The van der Waals surface area contributed by atoms with Gasteiger partial charge >= 0.3 is 27.6 Å². The molecule has 5 spiro atoms. The average molecular weight is 1600 g/mol. The lowest BCUT2D eigenvalue weighted by Crippen LogP contribution is -2.43. The molecule has 5 aromatic carbocycles. The first-order chi connectivity index (χ1) is 52.8. The summed E-state index contributed by atoms with van der Waals surface area (Å²) in [6.07, 6.45) is 23.9. The Balaban J connectivity index is 0.000000467. The monoisotopic (exact) mass is 1600 g/mol. The highest BCUT2D eigenvalue weighted by atomic mass is 32.2. The molecule has 0 aromatic heterocycles. The number of Topliss-reactive ketones (excluding diaryl/α,β-unsaturated/α-hetero) is 2. The van der Waals surface area contributed by atoms with Crippen LogP contribution in [0.25, 0.3) is 22.5 Å². The van der Waals surface area contributed by atoms with E-state index in [1.807, 2.05) is 144 Å². The molecule has 114 heavy (non-hydrogen) atoms. The van der Waals surface area contributed by atoms with Crippen LogP contribution < -0.4 is 0 Å². The minimum Gasteiger partial charge on any atom is -0.478 e. The van der Waals surface area contributed by atoms with E-state index in [-0.39, 0.29) is 74.3 Å². The van der Waals surface area contributed by atoms with Crippen molar-refractivity contribution in [2.24, 2.45) is 0 Å². The largest absolute Gasteiger partial charge is 0.534 e. The maximum atomic E-state index is 12.6. The van der Waals surface area contributed by atoms with Crippen LogP contribution in [0, 0.1) is 0 Å². The topological polar surface area (TPSA) is 157 Å². The zero-order chi connectivity index (χ0) is 81.3. The Kier molecular flexibility index (Phi) is 42.5. The molecule has 5 aromatic rings. The molecule has 5 saturated heterocycles. The Hall–Kier alpha value is -7.32. The fourth-order valence-corrected chi connectivity index (χ4v) is 17.9. The van der Waals surface area contributed by atoms with Gasteiger partial charge in [0.1, 0.15) is 5.76 Å². The van der Waals surface area contributed by atoms with Crippen LogP contribution in [0.5, 0.6) is 0 Å². The molecule has 0 saturated carbocycles. The number of likely N-dealkylation sites (tertiary alicyclic amines) is 5. The van der Waals surface area contributed by atoms with E-state index < -0.39 is 21.6 Å². The molecule has 0 radical (unpaired) electrons. The minimum absolute atomic E-state index is 0. The lowest BCUT2D eigenvalue weighted by molar-refractivity contribution is -0.136. The van der Waals surface area contributed by atoms with Crippen molar-refractivity contribution in [2.75, 3.05) is 107 Å². The quantitative estimate of drug-likeness (QED) is 0.0973. The number of allylic oxidation sites excluding steroid dienone is 5. The van der Waals surface area contributed by atoms with Crippen molar-refractivity contribution in [1.82, 2.24) is 24.5 Å². The number of ketones is 2. The molecule has 5 fully saturated rings. The predicted molar refractivity (Wildman–Crippen MR) is 473 cm³/mol. The van der Waals surface area contributed by atoms with Crippen molar-refractivity contribution in [3.05, 3.63) is 201 Å². The Morgan fingerprint density at radius 1 is 0.404 bits per heavy atom. The van der Waals surface area contributed by atoms with E-state index in [0.717, 1.165) is 169 Å². The average Bonchev–Trinajstić information content (AvgIpc) is 0.776. The summed E-state index contributed by atoms with van der Waals surface area (Å²) in [6.45, 7) is 34.8. The van der Waals surface area contributed by atoms with Gasteiger partial charge < -0.3 is 38.5 Å². The highest BCUT2D eigenvalue weighted by Crippen LogP contribution is 2.51. The summed E-state index contributed by atoms with van der Waals surface area (Å²) in [5, 5.41) is 9.34. The number of hydrogen-bond acceptors (Lipinski definition) is 13. The van der Waals surface area contributed by atoms with E-state index in [9.17, 15) is 45.9 Å². The number of nitrogens with zero attached hydrogens (tertiary/aromatic N) is 5. The molecule has 18 heteroatoms. The molecule has 0 unspecified atom stereocenters. The third-order valence-electron chi connectivity index (χ3n) is 23.8. The van der Waals surface area contributed by atoms with Crippen LogP contribution in [-0.2, 0) is 60.5 Å². The zero-order valence-electron chi connectivity index (χ0n) is 69.4. The number of alkyl halides is 3. The minimum atomic E-state index is -5.67. The van der Waals surface area contributed by atoms with Crippen molar-refractivity contribution in [3.8, 4) is 0 Å². The number of carbonyl (C=O) groups is 4. The summed E-state index contributed by atoms with van der Waals surface area (Å²) >= 11 is 0. The van der Waals surface area contributed by atoms with Crippen LogP contribution >= 0.6 is 0 Å². The van der Waals surface area contributed by atoms with Crippen molar-refractivity contribution < 1.29 is 54.8 Å². The lowest BCUT2D eigenvalue weighted by Gasteiger charge is -2.44. The summed E-state index contributed by atoms with van der Waals surface area (Å²) in [6, 6.07) is 40.1. The number of rotatable bonds is 6. The number of fused-ring (bicyclic) bond motifs is 10. The van der Waals surface area contributed by atoms with Crippen LogP contribution in [0.15, 0.2) is 146 Å². The van der Waals surface area contributed by atoms with Crippen LogP contribution in [0.2, 0.25) is 0 Å². The van der Waals surface area contributed by atoms with Gasteiger partial charge in [-0.15, -0.1) is 0 Å². The number of ether oxygens (including phenoxy) is 1. The van der Waals surface area contributed by atoms with Crippen LogP contribution in [0.1, 0.15) is 276 Å². The number of carboxylic acids is 1. The third-order valence-corrected chi connectivity index (χ3v) is 24.8. The van der Waals surface area contributed by atoms with Gasteiger partial charge in [-0.2, -0.15) is 21.6 Å². The first kappa shape index (κ1) is 103. The van der Waals surface area contributed by atoms with Crippen molar-refractivity contribution in [2.45, 2.75) is 248 Å². The highest BCUT2D eigenvalue weighted by Gasteiger charge is 2.51. The second kappa shape index (κ2) is 47.2. The summed E-state index contributed by atoms with van der Waals surface area (Å²) < 4.78 is 70.2. The van der Waals surface area contributed by atoms with Crippen LogP contribution in [0.4, 0.5) is 13.2 Å². The summed E-state index contributed by atoms with van der Waals surface area (Å²) in [5.74, 6) is -0.698. The SMILES string of the molecule is C.C.C.C.CC.CC.CC.CC.CC.CC(=O)C1=CCC2(CCN(C)CC2)c2ccccc21.CCOC(=O)C1=CCC2(CCN(C)CC2)c2ccccc21.CN1CCC2(CC=C(C(=O)O)c3ccccc32)CC1.CN1CCC2(CC=C(OS(=O)(=O)C(F)(F)F)c3ccccc32)CC1.CN1CCC2(CCC(=O)c3ccccc32)CC1. The van der Waals surface area contributed by atoms with Gasteiger partial charge in [0, 0.05) is 44.8 Å². The third kappa shape index (κ3) is 24.0. The number of halogens is 3. The number of esters is 1. The Morgan fingerprint density at radius 3 is 0.991 bits per heavy atom. The van der Waals surface area contributed by atoms with E-state index in [0.29, 0.717) is 29.9 Å². The number of carboxylic acid groups (broad SMARTS) is 1. The molecule has 10 aliphatic rings. The van der Waals surface area contributed by atoms with Gasteiger partial charge in [-0.05, 0) is 267 Å². The molecule has 14 nitrogen and oxygen atoms in total. The maximum absolute atomic E-state index is 12.6. The molecular formula is C96H146F3N5O9S. The number of carbonyl (C=O) groups excluding carboxylic acids is 3. The lowest BCUT2D eigenvalue weighted by atomic mass is 9.64. The fraction of sp³-hybridized carbons (Fsp3) is 0.562. The van der Waals surface area contributed by atoms with E-state index in [1.165, 1.54) is 59.6 Å². The van der Waals surface area contributed by atoms with E-state index in [1.54, 1.807) is 19.1 Å². The standard InChI is InChI=1S/C18H23NO2.C17H21NO.C16H18F3NO3S.C16H19NO2.C15H19NO.5C2H6.4CH4/c1-3-21-17(20)15-8-9-18(10-12-19(2)13-11-18)16-7-5-4-6-14(15)16;1-13(19)14-7-8-17(9-11-18(2)12-10-17)16-6-4-3-5-15(14)16;1-20-10-8-15(9-11-20)7-6-14(12-4-2-3-5-13(12)15)23-24(21,22)16(17,18)19;1-17-10-8-16(9-11-17)7-6-13(15(18)19)12-4-2-3-5-14(12)16;1-16-10-8-15(9-11-16)7-6-14(17)12-4-2-3-5-13(12)15;5*1-2;;;;/h4-8H,3,9-13H2,1-2H3;3-7H,8-12H2,1-2H3;2-6H,7-11H2,1H3;2-6H,7-11H2,1H3,(H,18,19);2-5H,6-11H2,1H3;5*1-2H3;4*1H4. The smallest absolute Gasteiger partial charge is 0.478 e. The number of aliphatic carboxylic acids is 1. The van der Waals surface area contributed by atoms with Gasteiger partial charge in [0.2, 0.25) is 0 Å². The van der Waals surface area contributed by atoms with Gasteiger partial charge in [-0.25, -0.2) is 9.59 Å². The summed E-state index contributed by atoms with van der Waals surface area (Å²) in [5.41, 5.74) is 8.20. The molecule has 5 heterocycles. The van der Waals surface area contributed by atoms with Crippen molar-refractivity contribution in [3.63, 3.8) is 0 Å². The normalized spacial score (nSPS) is 19.4. The molecule has 5 aliphatic heterocycles. The molecule has 0 atom stereocenters. The summed E-state index contributed by atoms with van der Waals surface area (Å²) in [7, 11) is 5.08. The molecule has 15 rings (SSSR count). The van der Waals surface area contributed by atoms with Gasteiger partial charge in [0.15, 0.2) is 11.6 Å². The van der Waals surface area contributed by atoms with Crippen molar-refractivity contribution >= 4 is 56.1 Å². The molecule has 0 bridgehead atoms. The molecule has 0 amide bonds. The molecular weight excluding hydrogens is 1460 g/mol. The van der Waals surface area contributed by atoms with E-state index in [4.69, 9.17) is 4.74 Å². The summed E-state index contributed by atoms with van der Waals surface area (Å²) in [4.78, 5) is 59.1. The second-order valence-corrected chi connectivity index (χ2v) is 31.4. The second-order valence-electron chi connectivity index (χ2n) is 29.9. The Labute approximate surface area is 688 Å². The van der Waals surface area contributed by atoms with Crippen LogP contribution in [0.3, 0.4) is 0 Å². The Morgan fingerprint density at radius 2 is 0.667 bits per heavy atom. The number of benzene rings is 5. The van der Waals surface area contributed by atoms with Gasteiger partial charge in [-0.3, -0.25) is 9.59 Å². The number of hydrogen-bond donors (Lipinski definition) is 1. The first-order valence-electron chi connectivity index (χ1n) is 40.9. The molecule has 1 N–H and O–H groups in total. The highest BCUT2D eigenvalue weighted by molar-refractivity contribution is 7.87.